The molecule has 0 aliphatic rings. The van der Waals surface area contributed by atoms with E-state index in [0.29, 0.717) is 16.7 Å². The second-order valence-electron chi connectivity index (χ2n) is 4.31. The molecule has 0 aliphatic heterocycles. The zero-order valence-electron chi connectivity index (χ0n) is 10.7. The van der Waals surface area contributed by atoms with E-state index < -0.39 is 0 Å². The predicted octanol–water partition coefficient (Wildman–Crippen LogP) is 3.20. The Labute approximate surface area is 129 Å². The molecule has 0 saturated carbocycles. The molecular weight excluding hydrogens is 367 g/mol. The van der Waals surface area contributed by atoms with E-state index >= 15 is 0 Å². The molecule has 2 aromatic carbocycles. The average Bonchev–Trinajstić information content (AvgIpc) is 2.48. The minimum absolute atomic E-state index is 0.133. The number of benzene rings is 2. The van der Waals surface area contributed by atoms with Gasteiger partial charge in [0.1, 0.15) is 11.6 Å². The SMILES string of the molecule is COc1cccc(-c2nc3ccc(I)cc3c(=O)[nH]2)c1. The number of aromatic nitrogens is 2. The van der Waals surface area contributed by atoms with Crippen LogP contribution < -0.4 is 10.3 Å². The molecule has 0 fully saturated rings. The van der Waals surface area contributed by atoms with E-state index in [9.17, 15) is 4.79 Å². The first kappa shape index (κ1) is 13.1. The van der Waals surface area contributed by atoms with Crippen molar-refractivity contribution in [2.24, 2.45) is 0 Å². The fraction of sp³-hybridized carbons (Fsp3) is 0.0667. The highest BCUT2D eigenvalue weighted by molar-refractivity contribution is 14.1. The van der Waals surface area contributed by atoms with Crippen molar-refractivity contribution in [3.05, 3.63) is 56.4 Å². The van der Waals surface area contributed by atoms with Crippen molar-refractivity contribution in [1.29, 1.82) is 0 Å². The molecule has 4 nitrogen and oxygen atoms in total. The largest absolute Gasteiger partial charge is 0.497 e. The Morgan fingerprint density at radius 3 is 2.85 bits per heavy atom. The second kappa shape index (κ2) is 5.24. The van der Waals surface area contributed by atoms with Crippen molar-refractivity contribution in [2.45, 2.75) is 0 Å². The van der Waals surface area contributed by atoms with Crippen molar-refractivity contribution in [2.75, 3.05) is 7.11 Å². The lowest BCUT2D eigenvalue weighted by Gasteiger charge is -2.05. The summed E-state index contributed by atoms with van der Waals surface area (Å²) in [5.74, 6) is 1.27. The highest BCUT2D eigenvalue weighted by Crippen LogP contribution is 2.21. The van der Waals surface area contributed by atoms with Gasteiger partial charge in [-0.05, 0) is 52.9 Å². The molecule has 1 N–H and O–H groups in total. The van der Waals surface area contributed by atoms with Crippen LogP contribution in [-0.4, -0.2) is 17.1 Å². The lowest BCUT2D eigenvalue weighted by molar-refractivity contribution is 0.415. The molecule has 100 valence electrons. The molecule has 3 rings (SSSR count). The fourth-order valence-corrected chi connectivity index (χ4v) is 2.51. The van der Waals surface area contributed by atoms with Crippen LogP contribution in [0.5, 0.6) is 5.75 Å². The maximum absolute atomic E-state index is 12.1. The van der Waals surface area contributed by atoms with Crippen LogP contribution >= 0.6 is 22.6 Å². The molecule has 5 heteroatoms. The van der Waals surface area contributed by atoms with Gasteiger partial charge < -0.3 is 9.72 Å². The quantitative estimate of drug-likeness (QED) is 0.697. The summed E-state index contributed by atoms with van der Waals surface area (Å²) >= 11 is 2.18. The Morgan fingerprint density at radius 2 is 2.05 bits per heavy atom. The third kappa shape index (κ3) is 2.40. The molecule has 1 aromatic heterocycles. The topological polar surface area (TPSA) is 55.0 Å². The van der Waals surface area contributed by atoms with Gasteiger partial charge >= 0.3 is 0 Å². The summed E-state index contributed by atoms with van der Waals surface area (Å²) in [6.07, 6.45) is 0. The number of hydrogen-bond donors (Lipinski definition) is 1. The van der Waals surface area contributed by atoms with Crippen molar-refractivity contribution < 1.29 is 4.74 Å². The first-order valence-corrected chi connectivity index (χ1v) is 7.09. The Kier molecular flexibility index (Phi) is 3.43. The van der Waals surface area contributed by atoms with Crippen LogP contribution in [-0.2, 0) is 0 Å². The standard InChI is InChI=1S/C15H11IN2O2/c1-20-11-4-2-3-9(7-11)14-17-13-6-5-10(16)8-12(13)15(19)18-14/h2-8H,1H3,(H,17,18,19). The number of aromatic amines is 1. The van der Waals surface area contributed by atoms with E-state index in [0.717, 1.165) is 14.9 Å². The van der Waals surface area contributed by atoms with E-state index in [1.165, 1.54) is 0 Å². The lowest BCUT2D eigenvalue weighted by Crippen LogP contribution is -2.09. The van der Waals surface area contributed by atoms with Crippen LogP contribution in [0.4, 0.5) is 0 Å². The van der Waals surface area contributed by atoms with Gasteiger partial charge in [0.25, 0.3) is 5.56 Å². The maximum Gasteiger partial charge on any atom is 0.259 e. The summed E-state index contributed by atoms with van der Waals surface area (Å²) in [5.41, 5.74) is 1.38. The van der Waals surface area contributed by atoms with E-state index in [2.05, 4.69) is 32.6 Å². The van der Waals surface area contributed by atoms with Gasteiger partial charge in [0.2, 0.25) is 0 Å². The molecule has 0 aliphatic carbocycles. The Morgan fingerprint density at radius 1 is 1.20 bits per heavy atom. The Bertz CT molecular complexity index is 843. The molecule has 0 bridgehead atoms. The highest BCUT2D eigenvalue weighted by Gasteiger charge is 2.07. The number of hydrogen-bond acceptors (Lipinski definition) is 3. The number of H-pyrrole nitrogens is 1. The van der Waals surface area contributed by atoms with Crippen molar-refractivity contribution in [3.8, 4) is 17.1 Å². The summed E-state index contributed by atoms with van der Waals surface area (Å²) in [6.45, 7) is 0. The lowest BCUT2D eigenvalue weighted by atomic mass is 10.2. The van der Waals surface area contributed by atoms with Gasteiger partial charge in [0.15, 0.2) is 0 Å². The van der Waals surface area contributed by atoms with Gasteiger partial charge in [-0.3, -0.25) is 4.79 Å². The van der Waals surface area contributed by atoms with E-state index in [1.54, 1.807) is 7.11 Å². The third-order valence-electron chi connectivity index (χ3n) is 3.01. The average molecular weight is 378 g/mol. The monoisotopic (exact) mass is 378 g/mol. The normalized spacial score (nSPS) is 10.7. The molecule has 0 unspecified atom stereocenters. The number of nitrogens with zero attached hydrogens (tertiary/aromatic N) is 1. The molecule has 20 heavy (non-hydrogen) atoms. The van der Waals surface area contributed by atoms with Gasteiger partial charge in [-0.25, -0.2) is 4.98 Å². The molecule has 0 atom stereocenters. The van der Waals surface area contributed by atoms with Gasteiger partial charge in [-0.2, -0.15) is 0 Å². The number of halogens is 1. The van der Waals surface area contributed by atoms with Crippen LogP contribution in [0.15, 0.2) is 47.3 Å². The van der Waals surface area contributed by atoms with Crippen LogP contribution in [0, 0.1) is 3.57 Å². The molecule has 0 saturated heterocycles. The van der Waals surface area contributed by atoms with Gasteiger partial charge in [0, 0.05) is 9.13 Å². The molecule has 0 amide bonds. The number of rotatable bonds is 2. The minimum Gasteiger partial charge on any atom is -0.497 e. The van der Waals surface area contributed by atoms with E-state index in [4.69, 9.17) is 4.74 Å². The summed E-state index contributed by atoms with van der Waals surface area (Å²) in [7, 11) is 1.61. The summed E-state index contributed by atoms with van der Waals surface area (Å²) < 4.78 is 6.20. The Balaban J connectivity index is 2.22. The predicted molar refractivity (Wildman–Crippen MR) is 87.1 cm³/mol. The van der Waals surface area contributed by atoms with Crippen molar-refractivity contribution in [1.82, 2.24) is 9.97 Å². The summed E-state index contributed by atoms with van der Waals surface area (Å²) in [5, 5.41) is 0.601. The van der Waals surface area contributed by atoms with Crippen LogP contribution in [0.2, 0.25) is 0 Å². The van der Waals surface area contributed by atoms with Crippen LogP contribution in [0.1, 0.15) is 0 Å². The molecule has 1 heterocycles. The number of methoxy groups -OCH3 is 1. The van der Waals surface area contributed by atoms with Gasteiger partial charge in [0.05, 0.1) is 18.0 Å². The second-order valence-corrected chi connectivity index (χ2v) is 5.55. The summed E-state index contributed by atoms with van der Waals surface area (Å²) in [6, 6.07) is 13.1. The van der Waals surface area contributed by atoms with Crippen LogP contribution in [0.25, 0.3) is 22.3 Å². The maximum atomic E-state index is 12.1. The third-order valence-corrected chi connectivity index (χ3v) is 3.68. The van der Waals surface area contributed by atoms with Gasteiger partial charge in [-0.1, -0.05) is 12.1 Å². The van der Waals surface area contributed by atoms with Crippen molar-refractivity contribution >= 4 is 33.5 Å². The molecule has 3 aromatic rings. The summed E-state index contributed by atoms with van der Waals surface area (Å²) in [4.78, 5) is 19.5. The highest BCUT2D eigenvalue weighted by atomic mass is 127. The fourth-order valence-electron chi connectivity index (χ4n) is 2.02. The van der Waals surface area contributed by atoms with E-state index in [-0.39, 0.29) is 5.56 Å². The van der Waals surface area contributed by atoms with Gasteiger partial charge in [-0.15, -0.1) is 0 Å². The molecule has 0 spiro atoms. The number of ether oxygens (including phenoxy) is 1. The zero-order chi connectivity index (χ0) is 14.1. The Hall–Kier alpha value is -1.89. The van der Waals surface area contributed by atoms with Crippen molar-refractivity contribution in [3.63, 3.8) is 0 Å². The minimum atomic E-state index is -0.133. The zero-order valence-corrected chi connectivity index (χ0v) is 12.8. The van der Waals surface area contributed by atoms with E-state index in [1.807, 2.05) is 42.5 Å². The molecular formula is C15H11IN2O2. The smallest absolute Gasteiger partial charge is 0.259 e. The number of nitrogens with one attached hydrogen (secondary N) is 1. The van der Waals surface area contributed by atoms with Crippen LogP contribution in [0.3, 0.4) is 0 Å². The number of fused-ring (bicyclic) bond motifs is 1. The first-order chi connectivity index (χ1) is 9.67. The first-order valence-electron chi connectivity index (χ1n) is 6.01. The molecule has 0 radical (unpaired) electrons.